The van der Waals surface area contributed by atoms with Gasteiger partial charge in [-0.2, -0.15) is 5.10 Å². The van der Waals surface area contributed by atoms with E-state index < -0.39 is 0 Å². The fourth-order valence-electron chi connectivity index (χ4n) is 3.11. The number of hydrogen-bond donors (Lipinski definition) is 2. The number of hydrogen-bond acceptors (Lipinski definition) is 4. The van der Waals surface area contributed by atoms with Crippen LogP contribution < -0.4 is 10.6 Å². The van der Waals surface area contributed by atoms with Crippen molar-refractivity contribution in [3.05, 3.63) is 66.7 Å². The highest BCUT2D eigenvalue weighted by Gasteiger charge is 2.14. The minimum absolute atomic E-state index is 0.0428. The van der Waals surface area contributed by atoms with Crippen LogP contribution in [0.15, 0.2) is 66.7 Å². The van der Waals surface area contributed by atoms with Gasteiger partial charge in [0.15, 0.2) is 0 Å². The molecule has 0 unspecified atom stereocenters. The predicted octanol–water partition coefficient (Wildman–Crippen LogP) is 2.94. The molecule has 0 aliphatic rings. The summed E-state index contributed by atoms with van der Waals surface area (Å²) in [7, 11) is 1.89. The summed E-state index contributed by atoms with van der Waals surface area (Å²) in [5, 5.41) is 10.5. The van der Waals surface area contributed by atoms with Crippen molar-refractivity contribution in [3.63, 3.8) is 0 Å². The summed E-state index contributed by atoms with van der Waals surface area (Å²) in [4.78, 5) is 25.5. The van der Waals surface area contributed by atoms with Crippen LogP contribution in [0.25, 0.3) is 16.9 Å². The average Bonchev–Trinajstić information content (AvgIpc) is 3.16. The van der Waals surface area contributed by atoms with Gasteiger partial charge in [-0.05, 0) is 25.6 Å². The highest BCUT2D eigenvalue weighted by molar-refractivity contribution is 5.92. The lowest BCUT2D eigenvalue weighted by Gasteiger charge is -2.16. The molecule has 0 saturated heterocycles. The van der Waals surface area contributed by atoms with Gasteiger partial charge >= 0.3 is 0 Å². The van der Waals surface area contributed by atoms with E-state index in [0.29, 0.717) is 18.9 Å². The summed E-state index contributed by atoms with van der Waals surface area (Å²) in [6.45, 7) is 3.06. The quantitative estimate of drug-likeness (QED) is 0.537. The van der Waals surface area contributed by atoms with E-state index in [9.17, 15) is 9.59 Å². The zero-order chi connectivity index (χ0) is 21.3. The highest BCUT2D eigenvalue weighted by atomic mass is 16.2. The summed E-state index contributed by atoms with van der Waals surface area (Å²) in [6.07, 6.45) is 0.781. The Hall–Kier alpha value is -3.45. The normalized spacial score (nSPS) is 10.8. The van der Waals surface area contributed by atoms with Crippen LogP contribution in [0, 0.1) is 0 Å². The van der Waals surface area contributed by atoms with Gasteiger partial charge < -0.3 is 10.6 Å². The molecule has 1 heterocycles. The number of carbonyl (C=O) groups is 2. The summed E-state index contributed by atoms with van der Waals surface area (Å²) in [6, 6.07) is 21.5. The molecule has 0 radical (unpaired) electrons. The lowest BCUT2D eigenvalue weighted by Crippen LogP contribution is -2.33. The SMILES string of the molecule is CC(=O)NCCCN(C)CC(=O)Nc1cc(-c2ccccc2)nn1-c1ccccc1. The number of likely N-dealkylation sites (N-methyl/N-ethyl adjacent to an activating group) is 1. The Bertz CT molecular complexity index is 970. The van der Waals surface area contributed by atoms with Crippen LogP contribution in [-0.2, 0) is 9.59 Å². The first kappa shape index (κ1) is 21.3. The smallest absolute Gasteiger partial charge is 0.239 e. The van der Waals surface area contributed by atoms with E-state index in [4.69, 9.17) is 5.10 Å². The number of amides is 2. The molecule has 3 rings (SSSR count). The maximum Gasteiger partial charge on any atom is 0.239 e. The summed E-state index contributed by atoms with van der Waals surface area (Å²) in [5.41, 5.74) is 2.65. The van der Waals surface area contributed by atoms with Crippen LogP contribution in [0.5, 0.6) is 0 Å². The van der Waals surface area contributed by atoms with Crippen LogP contribution in [0.1, 0.15) is 13.3 Å². The third-order valence-electron chi connectivity index (χ3n) is 4.55. The lowest BCUT2D eigenvalue weighted by atomic mass is 10.1. The molecule has 7 nitrogen and oxygen atoms in total. The van der Waals surface area contributed by atoms with Gasteiger partial charge in [-0.25, -0.2) is 4.68 Å². The van der Waals surface area contributed by atoms with Crippen molar-refractivity contribution in [2.24, 2.45) is 0 Å². The molecule has 2 aromatic carbocycles. The number of nitrogens with zero attached hydrogens (tertiary/aromatic N) is 3. The fraction of sp³-hybridized carbons (Fsp3) is 0.261. The second-order valence-electron chi connectivity index (χ2n) is 7.15. The number of anilines is 1. The van der Waals surface area contributed by atoms with Gasteiger partial charge in [-0.3, -0.25) is 14.5 Å². The molecule has 2 N–H and O–H groups in total. The zero-order valence-electron chi connectivity index (χ0n) is 17.3. The van der Waals surface area contributed by atoms with Gasteiger partial charge in [0.25, 0.3) is 0 Å². The molecule has 30 heavy (non-hydrogen) atoms. The average molecular weight is 406 g/mol. The third-order valence-corrected chi connectivity index (χ3v) is 4.55. The lowest BCUT2D eigenvalue weighted by molar-refractivity contribution is -0.119. The van der Waals surface area contributed by atoms with Crippen molar-refractivity contribution in [1.82, 2.24) is 20.0 Å². The molecular formula is C23H27N5O2. The Kier molecular flexibility index (Phi) is 7.34. The Morgan fingerprint density at radius 1 is 1.03 bits per heavy atom. The molecule has 2 amide bonds. The molecule has 1 aromatic heterocycles. The zero-order valence-corrected chi connectivity index (χ0v) is 17.3. The van der Waals surface area contributed by atoms with Crippen molar-refractivity contribution in [2.75, 3.05) is 32.0 Å². The Balaban J connectivity index is 1.70. The fourth-order valence-corrected chi connectivity index (χ4v) is 3.11. The van der Waals surface area contributed by atoms with Crippen molar-refractivity contribution in [2.45, 2.75) is 13.3 Å². The first-order valence-corrected chi connectivity index (χ1v) is 9.96. The first-order valence-electron chi connectivity index (χ1n) is 9.96. The predicted molar refractivity (Wildman–Crippen MR) is 118 cm³/mol. The van der Waals surface area contributed by atoms with E-state index in [2.05, 4.69) is 10.6 Å². The largest absolute Gasteiger partial charge is 0.356 e. The van der Waals surface area contributed by atoms with E-state index in [1.807, 2.05) is 78.7 Å². The maximum atomic E-state index is 12.6. The number of carbonyl (C=O) groups excluding carboxylic acids is 2. The van der Waals surface area contributed by atoms with Crippen molar-refractivity contribution in [3.8, 4) is 16.9 Å². The van der Waals surface area contributed by atoms with Crippen LogP contribution in [0.3, 0.4) is 0 Å². The molecule has 0 fully saturated rings. The second-order valence-corrected chi connectivity index (χ2v) is 7.15. The Morgan fingerprint density at radius 2 is 1.70 bits per heavy atom. The van der Waals surface area contributed by atoms with E-state index in [1.165, 1.54) is 6.92 Å². The standard InChI is InChI=1S/C23H27N5O2/c1-18(29)24-14-9-15-27(2)17-23(30)25-22-16-21(19-10-5-3-6-11-19)26-28(22)20-12-7-4-8-13-20/h3-8,10-13,16H,9,14-15,17H2,1-2H3,(H,24,29)(H,25,30). The van der Waals surface area contributed by atoms with Crippen LogP contribution in [0.2, 0.25) is 0 Å². The number of nitrogens with one attached hydrogen (secondary N) is 2. The number of para-hydroxylation sites is 1. The van der Waals surface area contributed by atoms with Gasteiger partial charge in [-0.1, -0.05) is 48.5 Å². The monoisotopic (exact) mass is 405 g/mol. The van der Waals surface area contributed by atoms with E-state index in [-0.39, 0.29) is 18.4 Å². The van der Waals surface area contributed by atoms with Gasteiger partial charge in [0.1, 0.15) is 5.82 Å². The molecule has 0 aliphatic carbocycles. The topological polar surface area (TPSA) is 79.3 Å². The van der Waals surface area contributed by atoms with Crippen LogP contribution in [-0.4, -0.2) is 53.2 Å². The Labute approximate surface area is 176 Å². The molecular weight excluding hydrogens is 378 g/mol. The number of benzene rings is 2. The molecule has 3 aromatic rings. The van der Waals surface area contributed by atoms with Gasteiger partial charge in [0, 0.05) is 31.6 Å². The van der Waals surface area contributed by atoms with Gasteiger partial charge in [0.05, 0.1) is 17.9 Å². The van der Waals surface area contributed by atoms with Crippen molar-refractivity contribution < 1.29 is 9.59 Å². The summed E-state index contributed by atoms with van der Waals surface area (Å²) >= 11 is 0. The van der Waals surface area contributed by atoms with Crippen LogP contribution in [0.4, 0.5) is 5.82 Å². The highest BCUT2D eigenvalue weighted by Crippen LogP contribution is 2.24. The first-order chi connectivity index (χ1) is 14.5. The van der Waals surface area contributed by atoms with Gasteiger partial charge in [-0.15, -0.1) is 0 Å². The van der Waals surface area contributed by atoms with Gasteiger partial charge in [0.2, 0.25) is 11.8 Å². The molecule has 0 spiro atoms. The Morgan fingerprint density at radius 3 is 2.37 bits per heavy atom. The van der Waals surface area contributed by atoms with Crippen molar-refractivity contribution in [1.29, 1.82) is 0 Å². The molecule has 0 bridgehead atoms. The van der Waals surface area contributed by atoms with Crippen LogP contribution >= 0.6 is 0 Å². The minimum Gasteiger partial charge on any atom is -0.356 e. The minimum atomic E-state index is -0.117. The molecule has 7 heteroatoms. The van der Waals surface area contributed by atoms with E-state index >= 15 is 0 Å². The summed E-state index contributed by atoms with van der Waals surface area (Å²) in [5.74, 6) is 0.462. The van der Waals surface area contributed by atoms with Crippen molar-refractivity contribution >= 4 is 17.6 Å². The van der Waals surface area contributed by atoms with E-state index in [0.717, 1.165) is 23.4 Å². The maximum absolute atomic E-state index is 12.6. The number of rotatable bonds is 9. The molecule has 156 valence electrons. The second kappa shape index (κ2) is 10.4. The molecule has 0 saturated carbocycles. The number of aromatic nitrogens is 2. The third kappa shape index (κ3) is 6.02. The summed E-state index contributed by atoms with van der Waals surface area (Å²) < 4.78 is 1.75. The molecule has 0 aliphatic heterocycles. The molecule has 0 atom stereocenters. The van der Waals surface area contributed by atoms with E-state index in [1.54, 1.807) is 4.68 Å².